The minimum atomic E-state index is -0.351. The van der Waals surface area contributed by atoms with Crippen molar-refractivity contribution in [1.29, 1.82) is 0 Å². The average molecular weight is 390 g/mol. The molecular formula is C22H22N4O3. The average Bonchev–Trinajstić information content (AvgIpc) is 2.75. The number of pyridine rings is 1. The molecule has 1 heterocycles. The van der Waals surface area contributed by atoms with E-state index in [4.69, 9.17) is 4.74 Å². The highest BCUT2D eigenvalue weighted by Gasteiger charge is 2.09. The molecule has 2 aromatic carbocycles. The van der Waals surface area contributed by atoms with E-state index in [1.165, 1.54) is 0 Å². The van der Waals surface area contributed by atoms with Crippen LogP contribution in [0.1, 0.15) is 21.5 Å². The molecule has 3 rings (SSSR count). The summed E-state index contributed by atoms with van der Waals surface area (Å²) < 4.78 is 5.01. The lowest BCUT2D eigenvalue weighted by molar-refractivity contribution is 0.102. The number of carbonyl (C=O) groups is 2. The van der Waals surface area contributed by atoms with Crippen LogP contribution in [0.15, 0.2) is 66.9 Å². The molecule has 3 aromatic rings. The molecule has 0 bridgehead atoms. The Balaban J connectivity index is 1.60. The molecule has 0 fully saturated rings. The van der Waals surface area contributed by atoms with E-state index >= 15 is 0 Å². The maximum atomic E-state index is 12.3. The van der Waals surface area contributed by atoms with Gasteiger partial charge >= 0.3 is 6.03 Å². The second-order valence-electron chi connectivity index (χ2n) is 6.37. The van der Waals surface area contributed by atoms with Gasteiger partial charge in [0.25, 0.3) is 5.91 Å². The molecule has 7 heteroatoms. The predicted octanol–water partition coefficient (Wildman–Crippen LogP) is 3.97. The van der Waals surface area contributed by atoms with Crippen molar-refractivity contribution < 1.29 is 14.3 Å². The number of amides is 3. The summed E-state index contributed by atoms with van der Waals surface area (Å²) in [6.45, 7) is 2.21. The minimum absolute atomic E-state index is 0.211. The van der Waals surface area contributed by atoms with Crippen LogP contribution in [-0.4, -0.2) is 24.0 Å². The monoisotopic (exact) mass is 390 g/mol. The van der Waals surface area contributed by atoms with Crippen molar-refractivity contribution >= 4 is 23.3 Å². The van der Waals surface area contributed by atoms with E-state index in [1.807, 2.05) is 25.1 Å². The first-order valence-electron chi connectivity index (χ1n) is 9.06. The Kier molecular flexibility index (Phi) is 6.42. The van der Waals surface area contributed by atoms with Gasteiger partial charge in [0.1, 0.15) is 0 Å². The molecule has 148 valence electrons. The molecule has 0 spiro atoms. The number of hydrogen-bond acceptors (Lipinski definition) is 4. The van der Waals surface area contributed by atoms with E-state index in [-0.39, 0.29) is 11.9 Å². The van der Waals surface area contributed by atoms with Crippen molar-refractivity contribution in [2.75, 3.05) is 17.7 Å². The molecule has 0 saturated carbocycles. The molecule has 0 aliphatic heterocycles. The van der Waals surface area contributed by atoms with Crippen molar-refractivity contribution in [3.63, 3.8) is 0 Å². The molecule has 29 heavy (non-hydrogen) atoms. The molecule has 7 nitrogen and oxygen atoms in total. The van der Waals surface area contributed by atoms with Crippen LogP contribution in [0.3, 0.4) is 0 Å². The van der Waals surface area contributed by atoms with Gasteiger partial charge in [-0.3, -0.25) is 4.79 Å². The van der Waals surface area contributed by atoms with Crippen molar-refractivity contribution in [3.05, 3.63) is 83.6 Å². The number of nitrogens with one attached hydrogen (secondary N) is 3. The first-order chi connectivity index (χ1) is 14.0. The smallest absolute Gasteiger partial charge is 0.319 e. The van der Waals surface area contributed by atoms with Gasteiger partial charge in [-0.25, -0.2) is 9.78 Å². The quantitative estimate of drug-likeness (QED) is 0.594. The van der Waals surface area contributed by atoms with Crippen molar-refractivity contribution in [2.45, 2.75) is 13.5 Å². The highest BCUT2D eigenvalue weighted by molar-refractivity contribution is 6.04. The molecule has 0 aliphatic rings. The number of urea groups is 1. The Morgan fingerprint density at radius 2 is 1.79 bits per heavy atom. The molecule has 1 aromatic heterocycles. The molecule has 3 amide bonds. The fourth-order valence-corrected chi connectivity index (χ4v) is 2.61. The number of hydrogen-bond donors (Lipinski definition) is 3. The maximum Gasteiger partial charge on any atom is 0.319 e. The van der Waals surface area contributed by atoms with Crippen LogP contribution in [0.5, 0.6) is 5.88 Å². The van der Waals surface area contributed by atoms with E-state index in [0.29, 0.717) is 29.4 Å². The maximum absolute atomic E-state index is 12.3. The lowest BCUT2D eigenvalue weighted by Gasteiger charge is -2.12. The number of rotatable bonds is 6. The zero-order valence-electron chi connectivity index (χ0n) is 16.2. The minimum Gasteiger partial charge on any atom is -0.481 e. The molecule has 0 aliphatic carbocycles. The SMILES string of the molecule is COc1ccc(CNC(=O)Nc2cc(NC(=O)c3ccccc3)ccc2C)cn1. The number of benzene rings is 2. The van der Waals surface area contributed by atoms with Gasteiger partial charge < -0.3 is 20.7 Å². The van der Waals surface area contributed by atoms with Crippen LogP contribution in [0.2, 0.25) is 0 Å². The number of ether oxygens (including phenoxy) is 1. The summed E-state index contributed by atoms with van der Waals surface area (Å²) in [4.78, 5) is 28.7. The van der Waals surface area contributed by atoms with Crippen LogP contribution >= 0.6 is 0 Å². The molecule has 3 N–H and O–H groups in total. The van der Waals surface area contributed by atoms with Crippen molar-refractivity contribution in [3.8, 4) is 5.88 Å². The number of anilines is 2. The standard InChI is InChI=1S/C22H22N4O3/c1-15-8-10-18(25-21(27)17-6-4-3-5-7-17)12-19(15)26-22(28)24-14-16-9-11-20(29-2)23-13-16/h3-13H,14H2,1-2H3,(H,25,27)(H2,24,26,28). The zero-order valence-corrected chi connectivity index (χ0v) is 16.2. The summed E-state index contributed by atoms with van der Waals surface area (Å²) in [5.41, 5.74) is 3.50. The lowest BCUT2D eigenvalue weighted by Crippen LogP contribution is -2.28. The topological polar surface area (TPSA) is 92.4 Å². The van der Waals surface area contributed by atoms with Crippen LogP contribution in [0.4, 0.5) is 16.2 Å². The van der Waals surface area contributed by atoms with E-state index in [1.54, 1.807) is 55.8 Å². The van der Waals surface area contributed by atoms with Crippen LogP contribution in [-0.2, 0) is 6.54 Å². The third kappa shape index (κ3) is 5.55. The zero-order chi connectivity index (χ0) is 20.6. The number of carbonyl (C=O) groups excluding carboxylic acids is 2. The second kappa shape index (κ2) is 9.36. The summed E-state index contributed by atoms with van der Waals surface area (Å²) in [7, 11) is 1.55. The predicted molar refractivity (Wildman–Crippen MR) is 112 cm³/mol. The third-order valence-corrected chi connectivity index (χ3v) is 4.24. The Labute approximate surface area is 169 Å². The van der Waals surface area contributed by atoms with Gasteiger partial charge in [0.15, 0.2) is 0 Å². The number of aromatic nitrogens is 1. The molecule has 0 atom stereocenters. The van der Waals surface area contributed by atoms with E-state index in [9.17, 15) is 9.59 Å². The molecule has 0 unspecified atom stereocenters. The van der Waals surface area contributed by atoms with E-state index < -0.39 is 0 Å². The summed E-state index contributed by atoms with van der Waals surface area (Å²) in [6, 6.07) is 17.5. The largest absolute Gasteiger partial charge is 0.481 e. The molecule has 0 radical (unpaired) electrons. The lowest BCUT2D eigenvalue weighted by atomic mass is 10.1. The van der Waals surface area contributed by atoms with Crippen LogP contribution in [0, 0.1) is 6.92 Å². The van der Waals surface area contributed by atoms with Gasteiger partial charge in [0, 0.05) is 35.7 Å². The highest BCUT2D eigenvalue weighted by Crippen LogP contribution is 2.21. The van der Waals surface area contributed by atoms with Gasteiger partial charge in [-0.15, -0.1) is 0 Å². The Morgan fingerprint density at radius 1 is 1.00 bits per heavy atom. The van der Waals surface area contributed by atoms with E-state index in [0.717, 1.165) is 11.1 Å². The Morgan fingerprint density at radius 3 is 2.48 bits per heavy atom. The van der Waals surface area contributed by atoms with Crippen molar-refractivity contribution in [2.24, 2.45) is 0 Å². The fourth-order valence-electron chi connectivity index (χ4n) is 2.61. The van der Waals surface area contributed by atoms with E-state index in [2.05, 4.69) is 20.9 Å². The fraction of sp³-hybridized carbons (Fsp3) is 0.136. The van der Waals surface area contributed by atoms with Gasteiger partial charge in [-0.05, 0) is 42.3 Å². The molecular weight excluding hydrogens is 368 g/mol. The number of methoxy groups -OCH3 is 1. The van der Waals surface area contributed by atoms with Crippen molar-refractivity contribution in [1.82, 2.24) is 10.3 Å². The summed E-state index contributed by atoms with van der Waals surface area (Å²) in [5, 5.41) is 8.43. The highest BCUT2D eigenvalue weighted by atomic mass is 16.5. The molecule has 0 saturated heterocycles. The first-order valence-corrected chi connectivity index (χ1v) is 9.06. The number of nitrogens with zero attached hydrogens (tertiary/aromatic N) is 1. The summed E-state index contributed by atoms with van der Waals surface area (Å²) in [6.07, 6.45) is 1.64. The van der Waals surface area contributed by atoms with Gasteiger partial charge in [-0.2, -0.15) is 0 Å². The second-order valence-corrected chi connectivity index (χ2v) is 6.37. The van der Waals surface area contributed by atoms with Gasteiger partial charge in [0.05, 0.1) is 7.11 Å². The van der Waals surface area contributed by atoms with Gasteiger partial charge in [-0.1, -0.05) is 30.3 Å². The van der Waals surface area contributed by atoms with Crippen LogP contribution < -0.4 is 20.7 Å². The van der Waals surface area contributed by atoms with Gasteiger partial charge in [0.2, 0.25) is 5.88 Å². The normalized spacial score (nSPS) is 10.1. The Hall–Kier alpha value is -3.87. The number of aryl methyl sites for hydroxylation is 1. The first kappa shape index (κ1) is 19.9. The summed E-state index contributed by atoms with van der Waals surface area (Å²) in [5.74, 6) is 0.306. The van der Waals surface area contributed by atoms with Crippen LogP contribution in [0.25, 0.3) is 0 Å². The third-order valence-electron chi connectivity index (χ3n) is 4.24. The summed E-state index contributed by atoms with van der Waals surface area (Å²) >= 11 is 0. The Bertz CT molecular complexity index is 989.